The molecule has 2 rings (SSSR count). The lowest BCUT2D eigenvalue weighted by Gasteiger charge is -2.14. The van der Waals surface area contributed by atoms with Crippen molar-refractivity contribution in [2.75, 3.05) is 7.11 Å². The molecule has 2 aromatic rings. The van der Waals surface area contributed by atoms with Gasteiger partial charge in [0, 0.05) is 11.6 Å². The lowest BCUT2D eigenvalue weighted by Crippen LogP contribution is -2.15. The predicted molar refractivity (Wildman–Crippen MR) is 77.7 cm³/mol. The zero-order valence-electron chi connectivity index (χ0n) is 10.9. The van der Waals surface area contributed by atoms with E-state index in [4.69, 9.17) is 10.5 Å². The first-order valence-electron chi connectivity index (χ1n) is 6.04. The van der Waals surface area contributed by atoms with Gasteiger partial charge < -0.3 is 10.5 Å². The molecule has 0 spiro atoms. The Kier molecular flexibility index (Phi) is 4.73. The number of halogens is 3. The summed E-state index contributed by atoms with van der Waals surface area (Å²) >= 11 is 3.38. The average Bonchev–Trinajstić information content (AvgIpc) is 2.41. The summed E-state index contributed by atoms with van der Waals surface area (Å²) in [7, 11) is 1.58. The number of benzene rings is 2. The summed E-state index contributed by atoms with van der Waals surface area (Å²) in [4.78, 5) is 0. The number of nitrogens with two attached hydrogens (primary N) is 1. The van der Waals surface area contributed by atoms with Crippen LogP contribution in [0.2, 0.25) is 0 Å². The van der Waals surface area contributed by atoms with E-state index in [1.807, 2.05) is 12.1 Å². The molecule has 0 fully saturated rings. The first kappa shape index (κ1) is 14.9. The third kappa shape index (κ3) is 3.35. The van der Waals surface area contributed by atoms with Crippen LogP contribution in [0.4, 0.5) is 8.78 Å². The average molecular weight is 342 g/mol. The summed E-state index contributed by atoms with van der Waals surface area (Å²) in [6.07, 6.45) is 0.406. The van der Waals surface area contributed by atoms with Crippen molar-refractivity contribution in [2.24, 2.45) is 5.73 Å². The molecular weight excluding hydrogens is 328 g/mol. The molecule has 0 aliphatic carbocycles. The fraction of sp³-hybridized carbons (Fsp3) is 0.200. The lowest BCUT2D eigenvalue weighted by atomic mass is 9.99. The van der Waals surface area contributed by atoms with E-state index in [9.17, 15) is 8.78 Å². The normalized spacial score (nSPS) is 12.2. The highest BCUT2D eigenvalue weighted by Gasteiger charge is 2.14. The number of methoxy groups -OCH3 is 1. The Bertz CT molecular complexity index is 619. The van der Waals surface area contributed by atoms with Crippen LogP contribution in [0, 0.1) is 11.6 Å². The van der Waals surface area contributed by atoms with Gasteiger partial charge in [-0.3, -0.25) is 0 Å². The summed E-state index contributed by atoms with van der Waals surface area (Å²) in [6, 6.07) is 8.21. The molecule has 0 aliphatic heterocycles. The van der Waals surface area contributed by atoms with Crippen LogP contribution >= 0.6 is 15.9 Å². The summed E-state index contributed by atoms with van der Waals surface area (Å²) < 4.78 is 32.7. The monoisotopic (exact) mass is 341 g/mol. The van der Waals surface area contributed by atoms with Crippen LogP contribution < -0.4 is 10.5 Å². The lowest BCUT2D eigenvalue weighted by molar-refractivity contribution is 0.412. The number of hydrogen-bond acceptors (Lipinski definition) is 2. The first-order valence-corrected chi connectivity index (χ1v) is 6.83. The van der Waals surface area contributed by atoms with Gasteiger partial charge >= 0.3 is 0 Å². The van der Waals surface area contributed by atoms with Gasteiger partial charge in [0.15, 0.2) is 0 Å². The van der Waals surface area contributed by atoms with E-state index in [0.717, 1.165) is 28.2 Å². The largest absolute Gasteiger partial charge is 0.496 e. The van der Waals surface area contributed by atoms with Crippen molar-refractivity contribution in [2.45, 2.75) is 12.5 Å². The summed E-state index contributed by atoms with van der Waals surface area (Å²) in [5.41, 5.74) is 7.05. The molecule has 0 radical (unpaired) electrons. The van der Waals surface area contributed by atoms with Crippen LogP contribution in [0.25, 0.3) is 0 Å². The maximum atomic E-state index is 13.6. The van der Waals surface area contributed by atoms with Gasteiger partial charge in [0.25, 0.3) is 0 Å². The van der Waals surface area contributed by atoms with E-state index in [1.54, 1.807) is 13.2 Å². The molecule has 0 aromatic heterocycles. The summed E-state index contributed by atoms with van der Waals surface area (Å²) in [6.45, 7) is 0. The molecule has 0 aliphatic rings. The molecular formula is C15H14BrF2NO. The van der Waals surface area contributed by atoms with Gasteiger partial charge in [-0.2, -0.15) is 0 Å². The molecule has 0 amide bonds. The molecule has 1 atom stereocenters. The van der Waals surface area contributed by atoms with E-state index >= 15 is 0 Å². The first-order chi connectivity index (χ1) is 9.51. The zero-order valence-corrected chi connectivity index (χ0v) is 12.5. The van der Waals surface area contributed by atoms with Crippen molar-refractivity contribution in [1.82, 2.24) is 0 Å². The van der Waals surface area contributed by atoms with Crippen LogP contribution in [0.3, 0.4) is 0 Å². The van der Waals surface area contributed by atoms with Gasteiger partial charge in [-0.15, -0.1) is 0 Å². The SMILES string of the molecule is COc1ccc(CC(N)c2cc(F)ccc2F)cc1Br. The van der Waals surface area contributed by atoms with Crippen LogP contribution in [0.15, 0.2) is 40.9 Å². The topological polar surface area (TPSA) is 35.2 Å². The van der Waals surface area contributed by atoms with Crippen LogP contribution in [0.1, 0.15) is 17.2 Å². The van der Waals surface area contributed by atoms with Crippen LogP contribution in [-0.2, 0) is 6.42 Å². The van der Waals surface area contributed by atoms with Gasteiger partial charge in [-0.05, 0) is 58.2 Å². The van der Waals surface area contributed by atoms with Crippen molar-refractivity contribution in [1.29, 1.82) is 0 Å². The highest BCUT2D eigenvalue weighted by Crippen LogP contribution is 2.28. The van der Waals surface area contributed by atoms with Gasteiger partial charge in [-0.25, -0.2) is 8.78 Å². The second kappa shape index (κ2) is 6.33. The summed E-state index contributed by atoms with van der Waals surface area (Å²) in [5.74, 6) is -0.279. The Balaban J connectivity index is 2.21. The molecule has 0 heterocycles. The second-order valence-corrected chi connectivity index (χ2v) is 5.30. The molecule has 2 N–H and O–H groups in total. The molecule has 0 saturated heterocycles. The molecule has 0 saturated carbocycles. The number of rotatable bonds is 4. The Morgan fingerprint density at radius 1 is 1.20 bits per heavy atom. The minimum absolute atomic E-state index is 0.178. The third-order valence-corrected chi connectivity index (χ3v) is 3.65. The van der Waals surface area contributed by atoms with Crippen molar-refractivity contribution in [3.63, 3.8) is 0 Å². The smallest absolute Gasteiger partial charge is 0.133 e. The highest BCUT2D eigenvalue weighted by atomic mass is 79.9. The quantitative estimate of drug-likeness (QED) is 0.912. The molecule has 2 nitrogen and oxygen atoms in total. The predicted octanol–water partition coefficient (Wildman–Crippen LogP) is 3.98. The fourth-order valence-electron chi connectivity index (χ4n) is 2.00. The Hall–Kier alpha value is -1.46. The molecule has 1 unspecified atom stereocenters. The van der Waals surface area contributed by atoms with Crippen molar-refractivity contribution in [3.8, 4) is 5.75 Å². The zero-order chi connectivity index (χ0) is 14.7. The Labute approximate surface area is 124 Å². The van der Waals surface area contributed by atoms with Crippen LogP contribution in [-0.4, -0.2) is 7.11 Å². The van der Waals surface area contributed by atoms with Gasteiger partial charge in [0.05, 0.1) is 11.6 Å². The van der Waals surface area contributed by atoms with Gasteiger partial charge in [-0.1, -0.05) is 6.07 Å². The molecule has 20 heavy (non-hydrogen) atoms. The molecule has 2 aromatic carbocycles. The highest BCUT2D eigenvalue weighted by molar-refractivity contribution is 9.10. The number of ether oxygens (including phenoxy) is 1. The van der Waals surface area contributed by atoms with E-state index in [2.05, 4.69) is 15.9 Å². The van der Waals surface area contributed by atoms with E-state index in [1.165, 1.54) is 0 Å². The van der Waals surface area contributed by atoms with E-state index in [-0.39, 0.29) is 5.56 Å². The Morgan fingerprint density at radius 3 is 2.60 bits per heavy atom. The standard InChI is InChI=1S/C15H14BrF2NO/c1-20-15-5-2-9(6-12(15)16)7-14(19)11-8-10(17)3-4-13(11)18/h2-6,8,14H,7,19H2,1H3. The Morgan fingerprint density at radius 2 is 1.95 bits per heavy atom. The fourth-order valence-corrected chi connectivity index (χ4v) is 2.59. The van der Waals surface area contributed by atoms with E-state index < -0.39 is 17.7 Å². The third-order valence-electron chi connectivity index (χ3n) is 3.03. The minimum Gasteiger partial charge on any atom is -0.496 e. The van der Waals surface area contributed by atoms with Crippen LogP contribution in [0.5, 0.6) is 5.75 Å². The molecule has 106 valence electrons. The maximum Gasteiger partial charge on any atom is 0.133 e. The molecule has 0 bridgehead atoms. The van der Waals surface area contributed by atoms with Crippen molar-refractivity contribution >= 4 is 15.9 Å². The molecule has 5 heteroatoms. The maximum absolute atomic E-state index is 13.6. The van der Waals surface area contributed by atoms with Crippen molar-refractivity contribution in [3.05, 3.63) is 63.6 Å². The summed E-state index contributed by atoms with van der Waals surface area (Å²) in [5, 5.41) is 0. The van der Waals surface area contributed by atoms with Gasteiger partial charge in [0.2, 0.25) is 0 Å². The van der Waals surface area contributed by atoms with Gasteiger partial charge in [0.1, 0.15) is 17.4 Å². The van der Waals surface area contributed by atoms with Crippen molar-refractivity contribution < 1.29 is 13.5 Å². The number of hydrogen-bond donors (Lipinski definition) is 1. The second-order valence-electron chi connectivity index (χ2n) is 4.45. The minimum atomic E-state index is -0.606. The van der Waals surface area contributed by atoms with E-state index in [0.29, 0.717) is 12.2 Å².